The Labute approximate surface area is 169 Å². The number of carbonyl (C=O) groups is 1. The SMILES string of the molecule is COc1ccc(C(=O)C[C@H](c2ccc(Cl)cc2)S(=O)(=O)c2ccccc2)cc1. The van der Waals surface area contributed by atoms with Gasteiger partial charge in [0.05, 0.1) is 17.3 Å². The lowest BCUT2D eigenvalue weighted by Crippen LogP contribution is -2.18. The minimum atomic E-state index is -3.77. The first-order valence-corrected chi connectivity index (χ1v) is 10.6. The van der Waals surface area contributed by atoms with Crippen LogP contribution in [0.1, 0.15) is 27.6 Å². The van der Waals surface area contributed by atoms with Crippen LogP contribution in [0.5, 0.6) is 5.75 Å². The fourth-order valence-corrected chi connectivity index (χ4v) is 4.80. The minimum absolute atomic E-state index is 0.175. The van der Waals surface area contributed by atoms with Gasteiger partial charge in [-0.3, -0.25) is 4.79 Å². The standard InChI is InChI=1S/C22H19ClO4S/c1-27-19-13-9-16(10-14-19)21(24)15-22(17-7-11-18(23)12-8-17)28(25,26)20-5-3-2-4-6-20/h2-14,22H,15H2,1H3/t22-/m1/s1. The second-order valence-electron chi connectivity index (χ2n) is 6.25. The van der Waals surface area contributed by atoms with Crippen LogP contribution in [0.25, 0.3) is 0 Å². The molecule has 3 aromatic carbocycles. The number of hydrogen-bond donors (Lipinski definition) is 0. The summed E-state index contributed by atoms with van der Waals surface area (Å²) in [6, 6.07) is 21.3. The highest BCUT2D eigenvalue weighted by Crippen LogP contribution is 2.33. The molecule has 0 aromatic heterocycles. The Balaban J connectivity index is 1.98. The maximum atomic E-state index is 13.3. The lowest BCUT2D eigenvalue weighted by molar-refractivity contribution is 0.0980. The first-order chi connectivity index (χ1) is 13.4. The first-order valence-electron chi connectivity index (χ1n) is 8.63. The zero-order valence-electron chi connectivity index (χ0n) is 15.2. The average Bonchev–Trinajstić information content (AvgIpc) is 2.73. The van der Waals surface area contributed by atoms with Gasteiger partial charge in [0.1, 0.15) is 5.75 Å². The number of carbonyl (C=O) groups excluding carboxylic acids is 1. The largest absolute Gasteiger partial charge is 0.497 e. The van der Waals surface area contributed by atoms with Crippen LogP contribution in [0.4, 0.5) is 0 Å². The molecule has 6 heteroatoms. The molecular formula is C22H19ClO4S. The van der Waals surface area contributed by atoms with Crippen molar-refractivity contribution in [2.45, 2.75) is 16.6 Å². The molecule has 28 heavy (non-hydrogen) atoms. The topological polar surface area (TPSA) is 60.4 Å². The quantitative estimate of drug-likeness (QED) is 0.502. The van der Waals surface area contributed by atoms with Gasteiger partial charge in [-0.25, -0.2) is 8.42 Å². The van der Waals surface area contributed by atoms with E-state index in [0.717, 1.165) is 0 Å². The Morgan fingerprint density at radius 3 is 2.11 bits per heavy atom. The van der Waals surface area contributed by atoms with Gasteiger partial charge >= 0.3 is 0 Å². The fraction of sp³-hybridized carbons (Fsp3) is 0.136. The van der Waals surface area contributed by atoms with Crippen molar-refractivity contribution in [1.29, 1.82) is 0 Å². The summed E-state index contributed by atoms with van der Waals surface area (Å²) in [7, 11) is -2.23. The summed E-state index contributed by atoms with van der Waals surface area (Å²) >= 11 is 5.95. The van der Waals surface area contributed by atoms with Crippen LogP contribution in [0, 0.1) is 0 Å². The number of halogens is 1. The Bertz CT molecular complexity index is 1040. The van der Waals surface area contributed by atoms with Crippen molar-refractivity contribution in [3.63, 3.8) is 0 Å². The number of methoxy groups -OCH3 is 1. The molecule has 3 aromatic rings. The summed E-state index contributed by atoms with van der Waals surface area (Å²) in [4.78, 5) is 13.0. The molecule has 0 radical (unpaired) electrons. The van der Waals surface area contributed by atoms with Crippen molar-refractivity contribution in [2.75, 3.05) is 7.11 Å². The molecule has 3 rings (SSSR count). The van der Waals surface area contributed by atoms with Gasteiger partial charge in [-0.2, -0.15) is 0 Å². The lowest BCUT2D eigenvalue weighted by atomic mass is 10.0. The predicted molar refractivity (Wildman–Crippen MR) is 110 cm³/mol. The van der Waals surface area contributed by atoms with Crippen molar-refractivity contribution < 1.29 is 17.9 Å². The zero-order chi connectivity index (χ0) is 20.1. The van der Waals surface area contributed by atoms with Crippen LogP contribution >= 0.6 is 11.6 Å². The van der Waals surface area contributed by atoms with Gasteiger partial charge in [0.2, 0.25) is 0 Å². The van der Waals surface area contributed by atoms with Gasteiger partial charge in [0.15, 0.2) is 15.6 Å². The third kappa shape index (κ3) is 4.43. The van der Waals surface area contributed by atoms with E-state index in [4.69, 9.17) is 16.3 Å². The Morgan fingerprint density at radius 2 is 1.54 bits per heavy atom. The van der Waals surface area contributed by atoms with Crippen molar-refractivity contribution >= 4 is 27.2 Å². The molecule has 0 saturated heterocycles. The van der Waals surface area contributed by atoms with Crippen LogP contribution in [0.15, 0.2) is 83.8 Å². The van der Waals surface area contributed by atoms with E-state index >= 15 is 0 Å². The second kappa shape index (κ2) is 8.59. The maximum absolute atomic E-state index is 13.3. The highest BCUT2D eigenvalue weighted by Gasteiger charge is 2.31. The van der Waals surface area contributed by atoms with E-state index in [-0.39, 0.29) is 17.1 Å². The molecule has 1 atom stereocenters. The molecule has 0 bridgehead atoms. The normalized spacial score (nSPS) is 12.4. The van der Waals surface area contributed by atoms with Crippen LogP contribution in [-0.4, -0.2) is 21.3 Å². The number of ketones is 1. The molecule has 144 valence electrons. The predicted octanol–water partition coefficient (Wildman–Crippen LogP) is 5.14. The molecule has 0 saturated carbocycles. The molecule has 0 fully saturated rings. The molecule has 0 amide bonds. The minimum Gasteiger partial charge on any atom is -0.497 e. The van der Waals surface area contributed by atoms with Gasteiger partial charge in [0, 0.05) is 17.0 Å². The smallest absolute Gasteiger partial charge is 0.185 e. The summed E-state index contributed by atoms with van der Waals surface area (Å²) in [5.41, 5.74) is 0.957. The molecule has 0 unspecified atom stereocenters. The number of Topliss-reactive ketones (excluding diaryl/α,β-unsaturated/α-hetero) is 1. The monoisotopic (exact) mass is 414 g/mol. The van der Waals surface area contributed by atoms with E-state index in [1.54, 1.807) is 73.8 Å². The van der Waals surface area contributed by atoms with Crippen LogP contribution in [-0.2, 0) is 9.84 Å². The highest BCUT2D eigenvalue weighted by molar-refractivity contribution is 7.91. The van der Waals surface area contributed by atoms with E-state index in [1.165, 1.54) is 12.1 Å². The molecule has 4 nitrogen and oxygen atoms in total. The zero-order valence-corrected chi connectivity index (χ0v) is 16.8. The molecule has 0 aliphatic heterocycles. The van der Waals surface area contributed by atoms with E-state index in [2.05, 4.69) is 0 Å². The summed E-state index contributed by atoms with van der Waals surface area (Å²) in [6.07, 6.45) is -0.175. The summed E-state index contributed by atoms with van der Waals surface area (Å²) in [5, 5.41) is -0.511. The number of rotatable bonds is 7. The number of benzene rings is 3. The molecule has 0 aliphatic carbocycles. The van der Waals surface area contributed by atoms with E-state index < -0.39 is 15.1 Å². The molecular weight excluding hydrogens is 396 g/mol. The van der Waals surface area contributed by atoms with Crippen LogP contribution in [0.2, 0.25) is 5.02 Å². The van der Waals surface area contributed by atoms with Crippen LogP contribution in [0.3, 0.4) is 0 Å². The van der Waals surface area contributed by atoms with Crippen molar-refractivity contribution in [1.82, 2.24) is 0 Å². The number of hydrogen-bond acceptors (Lipinski definition) is 4. The average molecular weight is 415 g/mol. The Kier molecular flexibility index (Phi) is 6.17. The van der Waals surface area contributed by atoms with Crippen LogP contribution < -0.4 is 4.74 Å². The summed E-state index contributed by atoms with van der Waals surface area (Å²) in [6.45, 7) is 0. The third-order valence-corrected chi connectivity index (χ3v) is 6.84. The third-order valence-electron chi connectivity index (χ3n) is 4.47. The van der Waals surface area contributed by atoms with Gasteiger partial charge < -0.3 is 4.74 Å². The Morgan fingerprint density at radius 1 is 0.929 bits per heavy atom. The van der Waals surface area contributed by atoms with E-state index in [9.17, 15) is 13.2 Å². The van der Waals surface area contributed by atoms with Crippen molar-refractivity contribution in [3.8, 4) is 5.75 Å². The lowest BCUT2D eigenvalue weighted by Gasteiger charge is -2.18. The molecule has 0 spiro atoms. The van der Waals surface area contributed by atoms with Gasteiger partial charge in [-0.15, -0.1) is 0 Å². The second-order valence-corrected chi connectivity index (χ2v) is 8.82. The molecule has 0 heterocycles. The van der Waals surface area contributed by atoms with Crippen molar-refractivity contribution in [2.24, 2.45) is 0 Å². The highest BCUT2D eigenvalue weighted by atomic mass is 35.5. The van der Waals surface area contributed by atoms with Crippen molar-refractivity contribution in [3.05, 3.63) is 95.0 Å². The Hall–Kier alpha value is -2.63. The number of sulfone groups is 1. The number of ether oxygens (including phenoxy) is 1. The van der Waals surface area contributed by atoms with E-state index in [1.807, 2.05) is 0 Å². The van der Waals surface area contributed by atoms with Gasteiger partial charge in [-0.1, -0.05) is 41.9 Å². The summed E-state index contributed by atoms with van der Waals surface area (Å²) < 4.78 is 31.7. The van der Waals surface area contributed by atoms with E-state index in [0.29, 0.717) is 21.9 Å². The molecule has 0 aliphatic rings. The fourth-order valence-electron chi connectivity index (χ4n) is 2.92. The summed E-state index contributed by atoms with van der Waals surface area (Å²) in [5.74, 6) is 0.366. The van der Waals surface area contributed by atoms with Gasteiger partial charge in [0.25, 0.3) is 0 Å². The first kappa shape index (κ1) is 20.1. The van der Waals surface area contributed by atoms with Gasteiger partial charge in [-0.05, 0) is 54.1 Å². The molecule has 0 N–H and O–H groups in total. The maximum Gasteiger partial charge on any atom is 0.185 e.